The van der Waals surface area contributed by atoms with Gasteiger partial charge in [0.25, 0.3) is 0 Å². The minimum Gasteiger partial charge on any atom is -0.507 e. The van der Waals surface area contributed by atoms with E-state index in [9.17, 15) is 13.9 Å². The van der Waals surface area contributed by atoms with Gasteiger partial charge >= 0.3 is 0 Å². The minimum absolute atomic E-state index is 0.0154. The van der Waals surface area contributed by atoms with E-state index in [-0.39, 0.29) is 23.0 Å². The number of nitrogens with zero attached hydrogens (tertiary/aromatic N) is 2. The molecule has 0 aliphatic carbocycles. The average molecular weight is 260 g/mol. The van der Waals surface area contributed by atoms with Crippen LogP contribution in [-0.4, -0.2) is 14.7 Å². The summed E-state index contributed by atoms with van der Waals surface area (Å²) >= 11 is 0. The molecule has 0 saturated heterocycles. The minimum atomic E-state index is -0.570. The maximum Gasteiger partial charge on any atom is 0.147 e. The molecule has 3 rings (SSSR count). The number of benzene rings is 2. The molecule has 0 aliphatic heterocycles. The maximum absolute atomic E-state index is 13.8. The summed E-state index contributed by atoms with van der Waals surface area (Å²) < 4.78 is 28.6. The van der Waals surface area contributed by atoms with Gasteiger partial charge in [0.2, 0.25) is 0 Å². The summed E-state index contributed by atoms with van der Waals surface area (Å²) in [5.74, 6) is -0.895. The molecule has 0 saturated carbocycles. The van der Waals surface area contributed by atoms with E-state index >= 15 is 0 Å². The molecule has 19 heavy (non-hydrogen) atoms. The van der Waals surface area contributed by atoms with Crippen molar-refractivity contribution >= 4 is 11.0 Å². The molecule has 3 aromatic rings. The van der Waals surface area contributed by atoms with Crippen LogP contribution in [0, 0.1) is 11.6 Å². The fourth-order valence-corrected chi connectivity index (χ4v) is 2.12. The van der Waals surface area contributed by atoms with Crippen molar-refractivity contribution in [2.45, 2.75) is 0 Å². The van der Waals surface area contributed by atoms with Crippen molar-refractivity contribution in [3.8, 4) is 17.1 Å². The van der Waals surface area contributed by atoms with Crippen LogP contribution < -0.4 is 0 Å². The molecule has 2 aromatic carbocycles. The van der Waals surface area contributed by atoms with Crippen LogP contribution in [0.2, 0.25) is 0 Å². The third-order valence-electron chi connectivity index (χ3n) is 3.06. The van der Waals surface area contributed by atoms with Crippen LogP contribution in [-0.2, 0) is 7.05 Å². The topological polar surface area (TPSA) is 38.0 Å². The molecule has 0 aliphatic rings. The quantitative estimate of drug-likeness (QED) is 0.729. The number of aromatic hydroxyl groups is 1. The number of aromatic nitrogens is 2. The van der Waals surface area contributed by atoms with E-state index in [1.807, 2.05) is 0 Å². The molecule has 0 bridgehead atoms. The lowest BCUT2D eigenvalue weighted by Gasteiger charge is -2.06. The number of phenols is 1. The van der Waals surface area contributed by atoms with Crippen molar-refractivity contribution in [3.63, 3.8) is 0 Å². The van der Waals surface area contributed by atoms with E-state index in [0.717, 1.165) is 0 Å². The lowest BCUT2D eigenvalue weighted by Crippen LogP contribution is -1.95. The van der Waals surface area contributed by atoms with E-state index in [1.165, 1.54) is 36.4 Å². The number of aryl methyl sites for hydroxylation is 1. The largest absolute Gasteiger partial charge is 0.507 e. The van der Waals surface area contributed by atoms with Gasteiger partial charge in [-0.2, -0.15) is 0 Å². The van der Waals surface area contributed by atoms with Crippen LogP contribution in [0.15, 0.2) is 36.4 Å². The molecular formula is C14H10F2N2O. The fraction of sp³-hybridized carbons (Fsp3) is 0.0714. The SMILES string of the molecule is Cn1c(-c2c(O)cccc2F)nc2ccc(F)cc21. The Morgan fingerprint density at radius 1 is 1.16 bits per heavy atom. The molecular weight excluding hydrogens is 250 g/mol. The number of phenolic OH excluding ortho intramolecular Hbond substituents is 1. The number of imidazole rings is 1. The summed E-state index contributed by atoms with van der Waals surface area (Å²) in [5.41, 5.74) is 1.10. The van der Waals surface area contributed by atoms with Crippen molar-refractivity contribution in [1.82, 2.24) is 9.55 Å². The van der Waals surface area contributed by atoms with E-state index in [4.69, 9.17) is 0 Å². The Morgan fingerprint density at radius 2 is 1.95 bits per heavy atom. The molecule has 1 heterocycles. The van der Waals surface area contributed by atoms with E-state index in [2.05, 4.69) is 4.98 Å². The van der Waals surface area contributed by atoms with Crippen molar-refractivity contribution in [2.75, 3.05) is 0 Å². The summed E-state index contributed by atoms with van der Waals surface area (Å²) in [5, 5.41) is 9.78. The first-order valence-corrected chi connectivity index (χ1v) is 5.68. The van der Waals surface area contributed by atoms with Crippen LogP contribution >= 0.6 is 0 Å². The fourth-order valence-electron chi connectivity index (χ4n) is 2.12. The molecule has 3 nitrogen and oxygen atoms in total. The molecule has 0 atom stereocenters. The van der Waals surface area contributed by atoms with E-state index in [1.54, 1.807) is 11.6 Å². The number of fused-ring (bicyclic) bond motifs is 1. The number of hydrogen-bond acceptors (Lipinski definition) is 2. The molecule has 0 radical (unpaired) electrons. The Kier molecular flexibility index (Phi) is 2.48. The maximum atomic E-state index is 13.8. The summed E-state index contributed by atoms with van der Waals surface area (Å²) in [7, 11) is 1.65. The van der Waals surface area contributed by atoms with Gasteiger partial charge < -0.3 is 9.67 Å². The first-order chi connectivity index (χ1) is 9.08. The van der Waals surface area contributed by atoms with E-state index < -0.39 is 5.82 Å². The van der Waals surface area contributed by atoms with Crippen LogP contribution in [0.25, 0.3) is 22.4 Å². The highest BCUT2D eigenvalue weighted by atomic mass is 19.1. The van der Waals surface area contributed by atoms with E-state index in [0.29, 0.717) is 11.0 Å². The van der Waals surface area contributed by atoms with Gasteiger partial charge in [0, 0.05) is 7.05 Å². The first-order valence-electron chi connectivity index (χ1n) is 5.68. The Hall–Kier alpha value is -2.43. The zero-order chi connectivity index (χ0) is 13.6. The monoisotopic (exact) mass is 260 g/mol. The highest BCUT2D eigenvalue weighted by Gasteiger charge is 2.17. The molecule has 5 heteroatoms. The second-order valence-electron chi connectivity index (χ2n) is 4.26. The third kappa shape index (κ3) is 1.74. The van der Waals surface area contributed by atoms with Crippen molar-refractivity contribution < 1.29 is 13.9 Å². The van der Waals surface area contributed by atoms with Gasteiger partial charge in [-0.25, -0.2) is 13.8 Å². The van der Waals surface area contributed by atoms with Gasteiger partial charge in [0.15, 0.2) is 0 Å². The van der Waals surface area contributed by atoms with Gasteiger partial charge in [0.05, 0.1) is 16.6 Å². The molecule has 0 unspecified atom stereocenters. The van der Waals surface area contributed by atoms with Crippen LogP contribution in [0.4, 0.5) is 8.78 Å². The highest BCUT2D eigenvalue weighted by Crippen LogP contribution is 2.32. The van der Waals surface area contributed by atoms with Crippen LogP contribution in [0.1, 0.15) is 0 Å². The van der Waals surface area contributed by atoms with Gasteiger partial charge in [0.1, 0.15) is 23.2 Å². The molecule has 0 amide bonds. The lowest BCUT2D eigenvalue weighted by molar-refractivity contribution is 0.471. The Morgan fingerprint density at radius 3 is 2.68 bits per heavy atom. The number of hydrogen-bond donors (Lipinski definition) is 1. The number of halogens is 2. The predicted octanol–water partition coefficient (Wildman–Crippen LogP) is 3.22. The molecule has 0 spiro atoms. The van der Waals surface area contributed by atoms with Crippen molar-refractivity contribution in [1.29, 1.82) is 0 Å². The second-order valence-corrected chi connectivity index (χ2v) is 4.26. The molecule has 96 valence electrons. The van der Waals surface area contributed by atoms with Crippen LogP contribution in [0.3, 0.4) is 0 Å². The van der Waals surface area contributed by atoms with Gasteiger partial charge in [-0.15, -0.1) is 0 Å². The zero-order valence-electron chi connectivity index (χ0n) is 10.1. The normalized spacial score (nSPS) is 11.1. The molecule has 1 aromatic heterocycles. The van der Waals surface area contributed by atoms with Gasteiger partial charge in [-0.05, 0) is 30.3 Å². The predicted molar refractivity (Wildman–Crippen MR) is 67.7 cm³/mol. The first kappa shape index (κ1) is 11.6. The molecule has 1 N–H and O–H groups in total. The standard InChI is InChI=1S/C14H10F2N2O/c1-18-11-7-8(15)5-6-10(11)17-14(18)13-9(16)3-2-4-12(13)19/h2-7,19H,1H3. The van der Waals surface area contributed by atoms with Crippen molar-refractivity contribution in [3.05, 3.63) is 48.0 Å². The van der Waals surface area contributed by atoms with Crippen molar-refractivity contribution in [2.24, 2.45) is 7.05 Å². The Balaban J connectivity index is 2.35. The molecule has 0 fully saturated rings. The Labute approximate surface area is 107 Å². The smallest absolute Gasteiger partial charge is 0.147 e. The van der Waals surface area contributed by atoms with Crippen LogP contribution in [0.5, 0.6) is 5.75 Å². The summed E-state index contributed by atoms with van der Waals surface area (Å²) in [6.07, 6.45) is 0. The lowest BCUT2D eigenvalue weighted by atomic mass is 10.2. The summed E-state index contributed by atoms with van der Waals surface area (Å²) in [4.78, 5) is 4.24. The van der Waals surface area contributed by atoms with Gasteiger partial charge in [-0.3, -0.25) is 0 Å². The Bertz CT molecular complexity index is 760. The zero-order valence-corrected chi connectivity index (χ0v) is 10.1. The highest BCUT2D eigenvalue weighted by molar-refractivity contribution is 5.82. The summed E-state index contributed by atoms with van der Waals surface area (Å²) in [6.45, 7) is 0. The summed E-state index contributed by atoms with van der Waals surface area (Å²) in [6, 6.07) is 8.18. The van der Waals surface area contributed by atoms with Gasteiger partial charge in [-0.1, -0.05) is 6.07 Å². The number of rotatable bonds is 1. The second kappa shape index (κ2) is 4.05. The average Bonchev–Trinajstić information content (AvgIpc) is 2.67. The third-order valence-corrected chi connectivity index (χ3v) is 3.06.